The Morgan fingerprint density at radius 3 is 2.74 bits per heavy atom. The van der Waals surface area contributed by atoms with E-state index in [9.17, 15) is 14.4 Å². The molecule has 190 valence electrons. The highest BCUT2D eigenvalue weighted by atomic mass is 32.1. The van der Waals surface area contributed by atoms with Crippen LogP contribution in [-0.2, 0) is 4.79 Å². The monoisotopic (exact) mass is 523 g/mol. The lowest BCUT2D eigenvalue weighted by Gasteiger charge is -2.32. The first-order valence-corrected chi connectivity index (χ1v) is 13.3. The Labute approximate surface area is 223 Å². The molecule has 2 aromatic heterocycles. The summed E-state index contributed by atoms with van der Waals surface area (Å²) < 4.78 is 0. The highest BCUT2D eigenvalue weighted by Gasteiger charge is 2.33. The van der Waals surface area contributed by atoms with Gasteiger partial charge in [-0.1, -0.05) is 49.0 Å². The molecule has 1 fully saturated rings. The van der Waals surface area contributed by atoms with Crippen molar-refractivity contribution in [1.29, 1.82) is 0 Å². The third kappa shape index (κ3) is 4.20. The predicted octanol–water partition coefficient (Wildman–Crippen LogP) is 5.55. The molecule has 1 atom stereocenters. The summed E-state index contributed by atoms with van der Waals surface area (Å²) in [6, 6.07) is 19.1. The van der Waals surface area contributed by atoms with E-state index in [1.54, 1.807) is 22.1 Å². The van der Waals surface area contributed by atoms with Gasteiger partial charge < -0.3 is 15.5 Å². The van der Waals surface area contributed by atoms with Gasteiger partial charge in [-0.2, -0.15) is 0 Å². The van der Waals surface area contributed by atoms with Crippen LogP contribution in [0.3, 0.4) is 0 Å². The van der Waals surface area contributed by atoms with Crippen molar-refractivity contribution < 1.29 is 14.4 Å². The summed E-state index contributed by atoms with van der Waals surface area (Å²) in [5.41, 5.74) is 3.91. The SMILES string of the molecule is C=CC(=O)N1CCC[C@@H](NC(=O)c2sc3nccc4c3c2NC(=O)N4c2cccc(-c3ccccc3)c2)C1. The third-order valence-corrected chi connectivity index (χ3v) is 8.00. The van der Waals surface area contributed by atoms with E-state index in [4.69, 9.17) is 0 Å². The van der Waals surface area contributed by atoms with Crippen LogP contribution in [0, 0.1) is 0 Å². The fourth-order valence-corrected chi connectivity index (χ4v) is 6.15. The molecule has 0 spiro atoms. The first-order chi connectivity index (χ1) is 18.5. The molecule has 0 bridgehead atoms. The van der Waals surface area contributed by atoms with Crippen LogP contribution in [0.15, 0.2) is 79.5 Å². The largest absolute Gasteiger partial charge is 0.347 e. The molecule has 0 radical (unpaired) electrons. The van der Waals surface area contributed by atoms with Crippen molar-refractivity contribution in [2.24, 2.45) is 0 Å². The molecule has 9 heteroatoms. The second-order valence-electron chi connectivity index (χ2n) is 9.30. The van der Waals surface area contributed by atoms with Crippen molar-refractivity contribution in [3.63, 3.8) is 0 Å². The van der Waals surface area contributed by atoms with Crippen LogP contribution >= 0.6 is 11.3 Å². The maximum absolute atomic E-state index is 13.5. The van der Waals surface area contributed by atoms with Crippen LogP contribution in [0.25, 0.3) is 21.3 Å². The average Bonchev–Trinajstić information content (AvgIpc) is 3.33. The minimum absolute atomic E-state index is 0.140. The summed E-state index contributed by atoms with van der Waals surface area (Å²) in [6.07, 6.45) is 4.52. The number of carbonyl (C=O) groups excluding carboxylic acids is 3. The summed E-state index contributed by atoms with van der Waals surface area (Å²) >= 11 is 1.25. The first-order valence-electron chi connectivity index (χ1n) is 12.4. The molecule has 2 aromatic carbocycles. The lowest BCUT2D eigenvalue weighted by molar-refractivity contribution is -0.127. The summed E-state index contributed by atoms with van der Waals surface area (Å²) in [4.78, 5) is 47.8. The van der Waals surface area contributed by atoms with E-state index in [1.165, 1.54) is 17.4 Å². The van der Waals surface area contributed by atoms with Gasteiger partial charge in [-0.3, -0.25) is 14.5 Å². The van der Waals surface area contributed by atoms with E-state index in [0.717, 1.165) is 29.4 Å². The van der Waals surface area contributed by atoms with Gasteiger partial charge in [0.2, 0.25) is 5.91 Å². The van der Waals surface area contributed by atoms with Crippen molar-refractivity contribution >= 4 is 56.5 Å². The van der Waals surface area contributed by atoms with E-state index in [1.807, 2.05) is 54.6 Å². The number of carbonyl (C=O) groups is 3. The average molecular weight is 524 g/mol. The second kappa shape index (κ2) is 9.75. The number of amides is 4. The number of thiophene rings is 1. The normalized spacial score (nSPS) is 16.7. The van der Waals surface area contributed by atoms with Gasteiger partial charge >= 0.3 is 6.03 Å². The molecule has 8 nitrogen and oxygen atoms in total. The molecular weight excluding hydrogens is 498 g/mol. The minimum atomic E-state index is -0.344. The van der Waals surface area contributed by atoms with Crippen molar-refractivity contribution in [2.45, 2.75) is 18.9 Å². The maximum atomic E-state index is 13.5. The number of hydrogen-bond acceptors (Lipinski definition) is 5. The standard InChI is InChI=1S/C29H25N5O3S/c1-2-23(35)33-15-7-11-20(17-33)31-27(36)26-25-24-22(13-14-30-28(24)38-26)34(29(37)32-25)21-12-6-10-19(16-21)18-8-4-3-5-9-18/h2-6,8-10,12-14,16,20H,1,7,11,15,17H2,(H,31,36)(H,32,37)/t20-/m1/s1. The lowest BCUT2D eigenvalue weighted by atomic mass is 10.0. The summed E-state index contributed by atoms with van der Waals surface area (Å²) in [5.74, 6) is -0.426. The Balaban J connectivity index is 1.33. The molecule has 2 N–H and O–H groups in total. The molecule has 0 unspecified atom stereocenters. The second-order valence-corrected chi connectivity index (χ2v) is 10.3. The summed E-state index contributed by atoms with van der Waals surface area (Å²) in [5, 5.41) is 6.75. The molecule has 4 aromatic rings. The lowest BCUT2D eigenvalue weighted by Crippen LogP contribution is -2.49. The Hall–Kier alpha value is -4.50. The van der Waals surface area contributed by atoms with Crippen molar-refractivity contribution in [1.82, 2.24) is 15.2 Å². The molecule has 1 saturated heterocycles. The molecular formula is C29H25N5O3S. The van der Waals surface area contributed by atoms with Crippen LogP contribution in [0.2, 0.25) is 0 Å². The zero-order chi connectivity index (χ0) is 26.2. The zero-order valence-electron chi connectivity index (χ0n) is 20.5. The number of pyridine rings is 1. The van der Waals surface area contributed by atoms with Crippen LogP contribution in [0.4, 0.5) is 21.9 Å². The van der Waals surface area contributed by atoms with Crippen LogP contribution in [0.1, 0.15) is 22.5 Å². The van der Waals surface area contributed by atoms with Gasteiger partial charge in [-0.05, 0) is 48.2 Å². The van der Waals surface area contributed by atoms with E-state index < -0.39 is 0 Å². The number of likely N-dealkylation sites (tertiary alicyclic amines) is 1. The number of hydrogen-bond donors (Lipinski definition) is 2. The van der Waals surface area contributed by atoms with Crippen LogP contribution in [0.5, 0.6) is 0 Å². The molecule has 4 amide bonds. The molecule has 38 heavy (non-hydrogen) atoms. The fraction of sp³-hybridized carbons (Fsp3) is 0.172. The van der Waals surface area contributed by atoms with Gasteiger partial charge in [0, 0.05) is 25.3 Å². The maximum Gasteiger partial charge on any atom is 0.331 e. The minimum Gasteiger partial charge on any atom is -0.347 e. The predicted molar refractivity (Wildman–Crippen MR) is 150 cm³/mol. The van der Waals surface area contributed by atoms with Gasteiger partial charge in [-0.15, -0.1) is 11.3 Å². The molecule has 2 aliphatic heterocycles. The van der Waals surface area contributed by atoms with E-state index in [-0.39, 0.29) is 23.9 Å². The smallest absolute Gasteiger partial charge is 0.331 e. The summed E-state index contributed by atoms with van der Waals surface area (Å²) in [6.45, 7) is 4.64. The Morgan fingerprint density at radius 2 is 1.92 bits per heavy atom. The number of nitrogens with one attached hydrogen (secondary N) is 2. The third-order valence-electron chi connectivity index (χ3n) is 6.91. The van der Waals surface area contributed by atoms with Crippen LogP contribution in [-0.4, -0.2) is 46.9 Å². The number of aromatic nitrogens is 1. The Kier molecular flexibility index (Phi) is 6.13. The highest BCUT2D eigenvalue weighted by Crippen LogP contribution is 2.46. The van der Waals surface area contributed by atoms with Gasteiger partial charge in [-0.25, -0.2) is 9.78 Å². The highest BCUT2D eigenvalue weighted by molar-refractivity contribution is 7.21. The number of anilines is 3. The molecule has 0 saturated carbocycles. The number of nitrogens with zero attached hydrogens (tertiary/aromatic N) is 3. The fourth-order valence-electron chi connectivity index (χ4n) is 5.13. The Bertz CT molecular complexity index is 1580. The number of rotatable bonds is 5. The van der Waals surface area contributed by atoms with Gasteiger partial charge in [0.25, 0.3) is 5.91 Å². The summed E-state index contributed by atoms with van der Waals surface area (Å²) in [7, 11) is 0. The topological polar surface area (TPSA) is 94.6 Å². The zero-order valence-corrected chi connectivity index (χ0v) is 21.3. The van der Waals surface area contributed by atoms with Crippen LogP contribution < -0.4 is 15.5 Å². The van der Waals surface area contributed by atoms with Crippen molar-refractivity contribution in [3.8, 4) is 11.1 Å². The van der Waals surface area contributed by atoms with E-state index >= 15 is 0 Å². The van der Waals surface area contributed by atoms with Crippen molar-refractivity contribution in [3.05, 3.63) is 84.4 Å². The quantitative estimate of drug-likeness (QED) is 0.335. The number of piperidine rings is 1. The molecule has 0 aliphatic carbocycles. The van der Waals surface area contributed by atoms with Gasteiger partial charge in [0.1, 0.15) is 9.71 Å². The van der Waals surface area contributed by atoms with E-state index in [0.29, 0.717) is 39.9 Å². The molecule has 2 aliphatic rings. The number of urea groups is 1. The molecule has 6 rings (SSSR count). The molecule has 4 heterocycles. The van der Waals surface area contributed by atoms with E-state index in [2.05, 4.69) is 22.2 Å². The van der Waals surface area contributed by atoms with Gasteiger partial charge in [0.15, 0.2) is 0 Å². The van der Waals surface area contributed by atoms with Gasteiger partial charge in [0.05, 0.1) is 22.4 Å². The number of benzene rings is 2. The first kappa shape index (κ1) is 23.9. The van der Waals surface area contributed by atoms with Crippen molar-refractivity contribution in [2.75, 3.05) is 23.3 Å². The Morgan fingerprint density at radius 1 is 1.11 bits per heavy atom.